The van der Waals surface area contributed by atoms with Crippen LogP contribution in [0, 0.1) is 5.92 Å². The zero-order chi connectivity index (χ0) is 17.4. The van der Waals surface area contributed by atoms with Crippen LogP contribution in [0.5, 0.6) is 0 Å². The molecule has 0 aliphatic carbocycles. The van der Waals surface area contributed by atoms with E-state index in [2.05, 4.69) is 21.4 Å². The summed E-state index contributed by atoms with van der Waals surface area (Å²) in [6, 6.07) is 7.97. The molecule has 3 aromatic rings. The fraction of sp³-hybridized carbons (Fsp3) is 0.421. The van der Waals surface area contributed by atoms with Crippen LogP contribution in [0.2, 0.25) is 0 Å². The monoisotopic (exact) mass is 337 g/mol. The van der Waals surface area contributed by atoms with Crippen molar-refractivity contribution in [1.82, 2.24) is 24.0 Å². The van der Waals surface area contributed by atoms with Gasteiger partial charge in [0.25, 0.3) is 5.56 Å². The maximum Gasteiger partial charge on any atom is 0.261 e. The number of hydrogen-bond donors (Lipinski definition) is 0. The quantitative estimate of drug-likeness (QED) is 0.735. The van der Waals surface area contributed by atoms with Crippen molar-refractivity contribution in [2.75, 3.05) is 13.1 Å². The van der Waals surface area contributed by atoms with Crippen LogP contribution >= 0.6 is 0 Å². The molecule has 1 aliphatic heterocycles. The van der Waals surface area contributed by atoms with Gasteiger partial charge in [0.1, 0.15) is 5.82 Å². The molecule has 2 aromatic heterocycles. The van der Waals surface area contributed by atoms with Gasteiger partial charge in [-0.3, -0.25) is 14.3 Å². The molecule has 2 unspecified atom stereocenters. The smallest absolute Gasteiger partial charge is 0.261 e. The largest absolute Gasteiger partial charge is 0.333 e. The highest BCUT2D eigenvalue weighted by Crippen LogP contribution is 2.28. The van der Waals surface area contributed by atoms with Gasteiger partial charge in [-0.05, 0) is 31.0 Å². The van der Waals surface area contributed by atoms with Crippen LogP contribution in [0.4, 0.5) is 0 Å². The van der Waals surface area contributed by atoms with E-state index in [1.807, 2.05) is 50.0 Å². The first-order valence-electron chi connectivity index (χ1n) is 8.78. The highest BCUT2D eigenvalue weighted by Gasteiger charge is 2.28. The fourth-order valence-electron chi connectivity index (χ4n) is 3.72. The van der Waals surface area contributed by atoms with Crippen molar-refractivity contribution in [3.8, 4) is 0 Å². The number of fused-ring (bicyclic) bond motifs is 1. The van der Waals surface area contributed by atoms with Gasteiger partial charge in [-0.25, -0.2) is 9.97 Å². The molecule has 3 heterocycles. The molecule has 0 N–H and O–H groups in total. The van der Waals surface area contributed by atoms with Gasteiger partial charge in [-0.1, -0.05) is 19.1 Å². The van der Waals surface area contributed by atoms with Crippen LogP contribution in [-0.4, -0.2) is 37.1 Å². The molecule has 6 heteroatoms. The number of rotatable bonds is 3. The van der Waals surface area contributed by atoms with E-state index in [1.165, 1.54) is 0 Å². The number of benzene rings is 1. The predicted octanol–water partition coefficient (Wildman–Crippen LogP) is 2.21. The van der Waals surface area contributed by atoms with Gasteiger partial charge < -0.3 is 4.57 Å². The van der Waals surface area contributed by atoms with Gasteiger partial charge >= 0.3 is 0 Å². The number of likely N-dealkylation sites (tertiary alicyclic amines) is 1. The molecule has 0 radical (unpaired) electrons. The van der Waals surface area contributed by atoms with Gasteiger partial charge in [0, 0.05) is 32.0 Å². The highest BCUT2D eigenvalue weighted by molar-refractivity contribution is 5.77. The molecule has 1 aliphatic rings. The molecule has 4 rings (SSSR count). The predicted molar refractivity (Wildman–Crippen MR) is 97.3 cm³/mol. The summed E-state index contributed by atoms with van der Waals surface area (Å²) in [5.74, 6) is 1.43. The topological polar surface area (TPSA) is 56.0 Å². The molecule has 2 atom stereocenters. The molecule has 0 saturated carbocycles. The Morgan fingerprint density at radius 3 is 2.92 bits per heavy atom. The summed E-state index contributed by atoms with van der Waals surface area (Å²) < 4.78 is 3.89. The molecule has 25 heavy (non-hydrogen) atoms. The minimum absolute atomic E-state index is 0.0251. The Balaban J connectivity index is 1.61. The molecular formula is C19H23N5O. The summed E-state index contributed by atoms with van der Waals surface area (Å²) in [4.78, 5) is 23.9. The van der Waals surface area contributed by atoms with E-state index in [0.29, 0.717) is 23.9 Å². The SMILES string of the molecule is CC1CCN(Cc2nc3ccccc3c(=O)n2C)CC1n1ccnc1. The van der Waals surface area contributed by atoms with E-state index in [0.717, 1.165) is 30.9 Å². The summed E-state index contributed by atoms with van der Waals surface area (Å²) in [6.07, 6.45) is 6.90. The zero-order valence-corrected chi connectivity index (χ0v) is 14.7. The second-order valence-corrected chi connectivity index (χ2v) is 6.99. The Morgan fingerprint density at radius 2 is 2.12 bits per heavy atom. The average molecular weight is 337 g/mol. The van der Waals surface area contributed by atoms with Crippen molar-refractivity contribution in [3.05, 3.63) is 59.2 Å². The Bertz CT molecular complexity index is 931. The number of imidazole rings is 1. The summed E-state index contributed by atoms with van der Waals surface area (Å²) in [7, 11) is 1.82. The van der Waals surface area contributed by atoms with Crippen molar-refractivity contribution in [3.63, 3.8) is 0 Å². The first-order valence-corrected chi connectivity index (χ1v) is 8.78. The zero-order valence-electron chi connectivity index (χ0n) is 14.7. The Hall–Kier alpha value is -2.47. The Morgan fingerprint density at radius 1 is 1.28 bits per heavy atom. The molecule has 130 valence electrons. The van der Waals surface area contributed by atoms with Gasteiger partial charge in [0.05, 0.1) is 23.8 Å². The number of para-hydroxylation sites is 1. The Kier molecular flexibility index (Phi) is 4.13. The van der Waals surface area contributed by atoms with Crippen molar-refractivity contribution in [2.24, 2.45) is 13.0 Å². The highest BCUT2D eigenvalue weighted by atomic mass is 16.1. The summed E-state index contributed by atoms with van der Waals surface area (Å²) in [5.41, 5.74) is 0.800. The number of nitrogens with zero attached hydrogens (tertiary/aromatic N) is 5. The lowest BCUT2D eigenvalue weighted by atomic mass is 9.93. The minimum atomic E-state index is 0.0251. The molecule has 0 bridgehead atoms. The molecule has 0 amide bonds. The molecular weight excluding hydrogens is 314 g/mol. The van der Waals surface area contributed by atoms with Crippen LogP contribution < -0.4 is 5.56 Å². The second kappa shape index (κ2) is 6.44. The van der Waals surface area contributed by atoms with Crippen LogP contribution in [0.3, 0.4) is 0 Å². The standard InChI is InChI=1S/C19H23N5O/c1-14-7-9-23(11-17(14)24-10-8-20-13-24)12-18-21-16-6-4-3-5-15(16)19(25)22(18)2/h3-6,8,10,13-14,17H,7,9,11-12H2,1-2H3. The first-order chi connectivity index (χ1) is 12.1. The maximum atomic E-state index is 12.6. The van der Waals surface area contributed by atoms with Crippen molar-refractivity contribution >= 4 is 10.9 Å². The van der Waals surface area contributed by atoms with E-state index < -0.39 is 0 Å². The molecule has 0 spiro atoms. The lowest BCUT2D eigenvalue weighted by Gasteiger charge is -2.37. The Labute approximate surface area is 146 Å². The number of hydrogen-bond acceptors (Lipinski definition) is 4. The lowest BCUT2D eigenvalue weighted by molar-refractivity contribution is 0.122. The third kappa shape index (κ3) is 2.98. The van der Waals surface area contributed by atoms with E-state index in [4.69, 9.17) is 4.98 Å². The van der Waals surface area contributed by atoms with E-state index in [1.54, 1.807) is 4.57 Å². The minimum Gasteiger partial charge on any atom is -0.333 e. The van der Waals surface area contributed by atoms with Crippen LogP contribution in [-0.2, 0) is 13.6 Å². The first kappa shape index (κ1) is 16.0. The van der Waals surface area contributed by atoms with Gasteiger partial charge in [-0.15, -0.1) is 0 Å². The van der Waals surface area contributed by atoms with Crippen molar-refractivity contribution in [2.45, 2.75) is 25.9 Å². The van der Waals surface area contributed by atoms with Crippen LogP contribution in [0.25, 0.3) is 10.9 Å². The van der Waals surface area contributed by atoms with Gasteiger partial charge in [-0.2, -0.15) is 0 Å². The van der Waals surface area contributed by atoms with E-state index >= 15 is 0 Å². The van der Waals surface area contributed by atoms with Gasteiger partial charge in [0.15, 0.2) is 0 Å². The molecule has 6 nitrogen and oxygen atoms in total. The molecule has 1 saturated heterocycles. The van der Waals surface area contributed by atoms with E-state index in [9.17, 15) is 4.79 Å². The third-order valence-electron chi connectivity index (χ3n) is 5.35. The average Bonchev–Trinajstić information content (AvgIpc) is 3.15. The fourth-order valence-corrected chi connectivity index (χ4v) is 3.72. The van der Waals surface area contributed by atoms with Crippen molar-refractivity contribution < 1.29 is 0 Å². The number of piperidine rings is 1. The summed E-state index contributed by atoms with van der Waals surface area (Å²) in [6.45, 7) is 4.95. The van der Waals surface area contributed by atoms with Crippen LogP contribution in [0.1, 0.15) is 25.2 Å². The molecule has 1 fully saturated rings. The summed E-state index contributed by atoms with van der Waals surface area (Å²) >= 11 is 0. The second-order valence-electron chi connectivity index (χ2n) is 6.99. The lowest BCUT2D eigenvalue weighted by Crippen LogP contribution is -2.41. The van der Waals surface area contributed by atoms with Crippen molar-refractivity contribution in [1.29, 1.82) is 0 Å². The molecule has 1 aromatic carbocycles. The third-order valence-corrected chi connectivity index (χ3v) is 5.35. The van der Waals surface area contributed by atoms with E-state index in [-0.39, 0.29) is 5.56 Å². The van der Waals surface area contributed by atoms with Crippen LogP contribution in [0.15, 0.2) is 47.8 Å². The summed E-state index contributed by atoms with van der Waals surface area (Å²) in [5, 5.41) is 0.678. The normalized spacial score (nSPS) is 21.7. The maximum absolute atomic E-state index is 12.6. The van der Waals surface area contributed by atoms with Gasteiger partial charge in [0.2, 0.25) is 0 Å². The number of aromatic nitrogens is 4.